The molecule has 1 aromatic rings. The number of anilines is 1. The molecule has 1 aliphatic rings. The lowest BCUT2D eigenvalue weighted by atomic mass is 10.1. The molecule has 0 aromatic heterocycles. The quantitative estimate of drug-likeness (QED) is 0.500. The van der Waals surface area contributed by atoms with E-state index in [0.717, 1.165) is 29.7 Å². The van der Waals surface area contributed by atoms with E-state index in [1.807, 2.05) is 14.1 Å². The zero-order valence-corrected chi connectivity index (χ0v) is 16.9. The molecule has 9 heteroatoms. The van der Waals surface area contributed by atoms with E-state index in [-0.39, 0.29) is 10.6 Å². The summed E-state index contributed by atoms with van der Waals surface area (Å²) in [4.78, 5) is 14.1. The minimum Gasteiger partial charge on any atom is -0.379 e. The van der Waals surface area contributed by atoms with Crippen molar-refractivity contribution in [1.82, 2.24) is 4.90 Å². The van der Waals surface area contributed by atoms with Crippen LogP contribution in [0.25, 0.3) is 0 Å². The van der Waals surface area contributed by atoms with Gasteiger partial charge in [0.1, 0.15) is 4.91 Å². The third-order valence-electron chi connectivity index (χ3n) is 3.51. The average Bonchev–Trinajstić information content (AvgIpc) is 2.53. The summed E-state index contributed by atoms with van der Waals surface area (Å²) >= 11 is 7.67. The van der Waals surface area contributed by atoms with Crippen molar-refractivity contribution in [2.45, 2.75) is 17.4 Å². The van der Waals surface area contributed by atoms with E-state index in [9.17, 15) is 18.3 Å². The first kappa shape index (κ1) is 21.0. The fourth-order valence-corrected chi connectivity index (χ4v) is 4.73. The van der Waals surface area contributed by atoms with Gasteiger partial charge in [-0.05, 0) is 63.2 Å². The highest BCUT2D eigenvalue weighted by atomic mass is 35.5. The summed E-state index contributed by atoms with van der Waals surface area (Å²) in [6, 6.07) is 4.92. The van der Waals surface area contributed by atoms with Crippen LogP contribution in [0.1, 0.15) is 6.42 Å². The second kappa shape index (κ2) is 9.05. The van der Waals surface area contributed by atoms with Gasteiger partial charge in [-0.3, -0.25) is 9.52 Å². The molecule has 142 valence electrons. The number of hydrogen-bond acceptors (Lipinski definition) is 6. The number of ketones is 1. The molecule has 0 amide bonds. The SMILES string of the molecule is CN(C)CCCSc1cc(Cl)cc(NS(=O)(=O)C2=CC=CC(=O)C2O)c1. The number of benzene rings is 1. The summed E-state index contributed by atoms with van der Waals surface area (Å²) < 4.78 is 27.4. The Bertz CT molecular complexity index is 835. The van der Waals surface area contributed by atoms with Crippen LogP contribution in [-0.4, -0.2) is 56.7 Å². The Balaban J connectivity index is 2.12. The van der Waals surface area contributed by atoms with Gasteiger partial charge in [-0.15, -0.1) is 11.8 Å². The van der Waals surface area contributed by atoms with Crippen molar-refractivity contribution in [2.24, 2.45) is 0 Å². The molecule has 0 spiro atoms. The maximum Gasteiger partial charge on any atom is 0.261 e. The van der Waals surface area contributed by atoms with Crippen molar-refractivity contribution in [1.29, 1.82) is 0 Å². The lowest BCUT2D eigenvalue weighted by Crippen LogP contribution is -2.30. The number of halogens is 1. The van der Waals surface area contributed by atoms with Crippen LogP contribution in [0, 0.1) is 0 Å². The van der Waals surface area contributed by atoms with Crippen molar-refractivity contribution < 1.29 is 18.3 Å². The van der Waals surface area contributed by atoms with E-state index in [4.69, 9.17) is 11.6 Å². The van der Waals surface area contributed by atoms with Crippen LogP contribution in [0.15, 0.2) is 46.2 Å². The highest BCUT2D eigenvalue weighted by Gasteiger charge is 2.30. The Kier molecular flexibility index (Phi) is 7.31. The topological polar surface area (TPSA) is 86.7 Å². The fourth-order valence-electron chi connectivity index (χ4n) is 2.29. The predicted octanol–water partition coefficient (Wildman–Crippen LogP) is 2.51. The number of sulfonamides is 1. The first-order valence-electron chi connectivity index (χ1n) is 7.90. The van der Waals surface area contributed by atoms with Gasteiger partial charge in [0.2, 0.25) is 0 Å². The number of aliphatic hydroxyl groups excluding tert-OH is 1. The highest BCUT2D eigenvalue weighted by Crippen LogP contribution is 2.29. The van der Waals surface area contributed by atoms with Gasteiger partial charge in [0, 0.05) is 9.92 Å². The van der Waals surface area contributed by atoms with Crippen molar-refractivity contribution in [2.75, 3.05) is 31.1 Å². The molecule has 0 heterocycles. The van der Waals surface area contributed by atoms with Gasteiger partial charge in [-0.25, -0.2) is 8.42 Å². The second-order valence-corrected chi connectivity index (χ2v) is 9.31. The van der Waals surface area contributed by atoms with Crippen molar-refractivity contribution in [3.8, 4) is 0 Å². The molecule has 1 unspecified atom stereocenters. The number of rotatable bonds is 8. The molecule has 0 saturated carbocycles. The molecule has 26 heavy (non-hydrogen) atoms. The first-order valence-corrected chi connectivity index (χ1v) is 10.7. The summed E-state index contributed by atoms with van der Waals surface area (Å²) in [6.45, 7) is 0.959. The number of aliphatic hydroxyl groups is 1. The van der Waals surface area contributed by atoms with Gasteiger partial charge in [-0.2, -0.15) is 0 Å². The maximum atomic E-state index is 12.5. The van der Waals surface area contributed by atoms with Gasteiger partial charge in [0.25, 0.3) is 10.0 Å². The molecule has 1 atom stereocenters. The number of thioether (sulfide) groups is 1. The molecule has 0 fully saturated rings. The predicted molar refractivity (Wildman–Crippen MR) is 106 cm³/mol. The maximum absolute atomic E-state index is 12.5. The van der Waals surface area contributed by atoms with Crippen LogP contribution >= 0.6 is 23.4 Å². The number of nitrogens with one attached hydrogen (secondary N) is 1. The molecular weight excluding hydrogens is 396 g/mol. The highest BCUT2D eigenvalue weighted by molar-refractivity contribution is 7.99. The standard InChI is InChI=1S/C17H21ClN2O4S2/c1-20(2)7-4-8-25-14-10-12(18)9-13(11-14)19-26(23,24)16-6-3-5-15(21)17(16)22/h3,5-6,9-11,17,19,22H,4,7-8H2,1-2H3. The van der Waals surface area contributed by atoms with Crippen LogP contribution in [0.3, 0.4) is 0 Å². The Hall–Kier alpha value is -1.32. The molecule has 2 N–H and O–H groups in total. The van der Waals surface area contributed by atoms with E-state index in [1.54, 1.807) is 23.9 Å². The van der Waals surface area contributed by atoms with E-state index in [0.29, 0.717) is 5.02 Å². The summed E-state index contributed by atoms with van der Waals surface area (Å²) in [5.41, 5.74) is 0.280. The van der Waals surface area contributed by atoms with Crippen LogP contribution in [-0.2, 0) is 14.8 Å². The number of carbonyl (C=O) groups is 1. The summed E-state index contributed by atoms with van der Waals surface area (Å²) in [7, 11) is -0.0636. The van der Waals surface area contributed by atoms with E-state index in [2.05, 4.69) is 9.62 Å². The van der Waals surface area contributed by atoms with Gasteiger partial charge in [-0.1, -0.05) is 17.7 Å². The van der Waals surface area contributed by atoms with Crippen LogP contribution in [0.2, 0.25) is 5.02 Å². The van der Waals surface area contributed by atoms with E-state index < -0.39 is 21.9 Å². The fraction of sp³-hybridized carbons (Fsp3) is 0.353. The second-order valence-electron chi connectivity index (χ2n) is 6.02. The number of carbonyl (C=O) groups excluding carboxylic acids is 1. The summed E-state index contributed by atoms with van der Waals surface area (Å²) in [6.07, 6.45) is 2.92. The molecule has 0 radical (unpaired) electrons. The van der Waals surface area contributed by atoms with Gasteiger partial charge in [0.05, 0.1) is 5.69 Å². The monoisotopic (exact) mass is 416 g/mol. The zero-order chi connectivity index (χ0) is 19.3. The van der Waals surface area contributed by atoms with Crippen LogP contribution in [0.4, 0.5) is 5.69 Å². The lowest BCUT2D eigenvalue weighted by Gasteiger charge is -2.17. The largest absolute Gasteiger partial charge is 0.379 e. The smallest absolute Gasteiger partial charge is 0.261 e. The third-order valence-corrected chi connectivity index (χ3v) is 6.28. The first-order chi connectivity index (χ1) is 12.2. The Morgan fingerprint density at radius 1 is 1.31 bits per heavy atom. The van der Waals surface area contributed by atoms with Gasteiger partial charge < -0.3 is 10.0 Å². The molecular formula is C17H21ClN2O4S2. The van der Waals surface area contributed by atoms with Crippen LogP contribution < -0.4 is 4.72 Å². The van der Waals surface area contributed by atoms with Crippen molar-refractivity contribution in [3.63, 3.8) is 0 Å². The molecule has 1 aromatic carbocycles. The summed E-state index contributed by atoms with van der Waals surface area (Å²) in [5, 5.41) is 10.2. The van der Waals surface area contributed by atoms with E-state index in [1.165, 1.54) is 18.2 Å². The van der Waals surface area contributed by atoms with Crippen LogP contribution in [0.5, 0.6) is 0 Å². The normalized spacial score (nSPS) is 17.5. The lowest BCUT2D eigenvalue weighted by molar-refractivity contribution is -0.120. The molecule has 0 bridgehead atoms. The number of nitrogens with zero attached hydrogens (tertiary/aromatic N) is 1. The number of allylic oxidation sites excluding steroid dienone is 2. The number of hydrogen-bond donors (Lipinski definition) is 2. The Morgan fingerprint density at radius 3 is 2.73 bits per heavy atom. The average molecular weight is 417 g/mol. The molecule has 2 rings (SSSR count). The molecule has 0 aliphatic heterocycles. The minimum atomic E-state index is -4.07. The van der Waals surface area contributed by atoms with Gasteiger partial charge in [0.15, 0.2) is 11.9 Å². The van der Waals surface area contributed by atoms with Crippen molar-refractivity contribution >= 4 is 44.9 Å². The van der Waals surface area contributed by atoms with Gasteiger partial charge >= 0.3 is 0 Å². The minimum absolute atomic E-state index is 0.280. The Labute approximate surface area is 163 Å². The van der Waals surface area contributed by atoms with E-state index >= 15 is 0 Å². The summed E-state index contributed by atoms with van der Waals surface area (Å²) in [5.74, 6) is 0.199. The Morgan fingerprint density at radius 2 is 2.04 bits per heavy atom. The molecule has 6 nitrogen and oxygen atoms in total. The third kappa shape index (κ3) is 5.85. The van der Waals surface area contributed by atoms with Crippen molar-refractivity contribution in [3.05, 3.63) is 46.4 Å². The molecule has 0 saturated heterocycles. The zero-order valence-electron chi connectivity index (χ0n) is 14.5. The molecule has 1 aliphatic carbocycles.